The van der Waals surface area contributed by atoms with Gasteiger partial charge >= 0.3 is 0 Å². The molecule has 1 N–H and O–H groups in total. The molecule has 1 aromatic carbocycles. The van der Waals surface area contributed by atoms with Gasteiger partial charge in [-0.1, -0.05) is 6.07 Å². The molecule has 0 saturated carbocycles. The molecular weight excluding hydrogens is 314 g/mol. The van der Waals surface area contributed by atoms with Crippen LogP contribution in [0.2, 0.25) is 0 Å². The molecule has 1 saturated heterocycles. The Morgan fingerprint density at radius 3 is 3.08 bits per heavy atom. The zero-order valence-electron chi connectivity index (χ0n) is 14.7. The van der Waals surface area contributed by atoms with Crippen LogP contribution in [0.15, 0.2) is 35.4 Å². The second-order valence-electron chi connectivity index (χ2n) is 6.77. The number of H-pyrrole nitrogens is 1. The first-order valence-corrected chi connectivity index (χ1v) is 8.92. The molecule has 0 spiro atoms. The van der Waals surface area contributed by atoms with Crippen LogP contribution in [0.5, 0.6) is 0 Å². The summed E-state index contributed by atoms with van der Waals surface area (Å²) in [6.45, 7) is 6.36. The molecule has 2 aromatic heterocycles. The van der Waals surface area contributed by atoms with Crippen molar-refractivity contribution in [2.24, 2.45) is 0 Å². The number of nitrogens with zero attached hydrogens (tertiary/aromatic N) is 4. The summed E-state index contributed by atoms with van der Waals surface area (Å²) in [5.41, 5.74) is 3.30. The van der Waals surface area contributed by atoms with Crippen molar-refractivity contribution in [1.82, 2.24) is 19.5 Å². The minimum Gasteiger partial charge on any atom is -0.351 e. The third-order valence-corrected chi connectivity index (χ3v) is 5.00. The highest BCUT2D eigenvalue weighted by atomic mass is 16.1. The van der Waals surface area contributed by atoms with E-state index in [0.29, 0.717) is 12.4 Å². The molecule has 0 radical (unpaired) electrons. The molecule has 130 valence electrons. The summed E-state index contributed by atoms with van der Waals surface area (Å²) in [5.74, 6) is 1.86. The molecule has 1 aliphatic heterocycles. The Kier molecular flexibility index (Phi) is 4.03. The summed E-state index contributed by atoms with van der Waals surface area (Å²) in [6, 6.07) is 6.27. The number of benzene rings is 1. The summed E-state index contributed by atoms with van der Waals surface area (Å²) in [7, 11) is 0. The van der Waals surface area contributed by atoms with E-state index in [9.17, 15) is 4.79 Å². The van der Waals surface area contributed by atoms with Gasteiger partial charge in [-0.25, -0.2) is 9.97 Å². The standard InChI is InChI=1S/C19H23N5O/c1-3-23-10-8-20-18(19(23)25)24-9-4-5-14(12-24)17-21-15-7-6-13(2)11-16(15)22-17/h6-8,10-11,14H,3-5,9,12H2,1-2H3,(H,21,22). The Labute approximate surface area is 146 Å². The lowest BCUT2D eigenvalue weighted by molar-refractivity contribution is 0.489. The Morgan fingerprint density at radius 2 is 2.24 bits per heavy atom. The molecule has 0 amide bonds. The minimum atomic E-state index is -0.00844. The molecular formula is C19H23N5O. The summed E-state index contributed by atoms with van der Waals surface area (Å²) < 4.78 is 1.70. The molecule has 3 aromatic rings. The van der Waals surface area contributed by atoms with Gasteiger partial charge in [-0.3, -0.25) is 4.79 Å². The van der Waals surface area contributed by atoms with E-state index in [1.807, 2.05) is 6.92 Å². The number of aromatic amines is 1. The van der Waals surface area contributed by atoms with Gasteiger partial charge in [0, 0.05) is 37.9 Å². The lowest BCUT2D eigenvalue weighted by atomic mass is 9.97. The van der Waals surface area contributed by atoms with Gasteiger partial charge in [0.05, 0.1) is 11.0 Å². The summed E-state index contributed by atoms with van der Waals surface area (Å²) >= 11 is 0. The fourth-order valence-corrected chi connectivity index (χ4v) is 3.63. The van der Waals surface area contributed by atoms with Crippen molar-refractivity contribution in [3.8, 4) is 0 Å². The average molecular weight is 337 g/mol. The van der Waals surface area contributed by atoms with E-state index in [2.05, 4.69) is 40.0 Å². The van der Waals surface area contributed by atoms with Gasteiger partial charge in [-0.2, -0.15) is 0 Å². The van der Waals surface area contributed by atoms with E-state index < -0.39 is 0 Å². The predicted molar refractivity (Wildman–Crippen MR) is 99.2 cm³/mol. The summed E-state index contributed by atoms with van der Waals surface area (Å²) in [6.07, 6.45) is 5.57. The number of aryl methyl sites for hydroxylation is 2. The van der Waals surface area contributed by atoms with Gasteiger partial charge in [-0.05, 0) is 44.4 Å². The number of rotatable bonds is 3. The van der Waals surface area contributed by atoms with Crippen LogP contribution in [0.3, 0.4) is 0 Å². The van der Waals surface area contributed by atoms with Crippen LogP contribution in [-0.4, -0.2) is 32.6 Å². The summed E-state index contributed by atoms with van der Waals surface area (Å²) in [5, 5.41) is 0. The number of piperidine rings is 1. The quantitative estimate of drug-likeness (QED) is 0.798. The maximum absolute atomic E-state index is 12.6. The van der Waals surface area contributed by atoms with Crippen LogP contribution in [0.1, 0.15) is 37.1 Å². The molecule has 1 aliphatic rings. The van der Waals surface area contributed by atoms with Gasteiger partial charge in [-0.15, -0.1) is 0 Å². The van der Waals surface area contributed by atoms with Gasteiger partial charge in [0.25, 0.3) is 5.56 Å². The maximum Gasteiger partial charge on any atom is 0.293 e. The first-order valence-electron chi connectivity index (χ1n) is 8.92. The SMILES string of the molecule is CCn1ccnc(N2CCCC(c3nc4ccc(C)cc4[nH]3)C2)c1=O. The van der Waals surface area contributed by atoms with Gasteiger partial charge in [0.1, 0.15) is 5.82 Å². The third kappa shape index (κ3) is 2.92. The molecule has 1 unspecified atom stereocenters. The van der Waals surface area contributed by atoms with E-state index >= 15 is 0 Å². The van der Waals surface area contributed by atoms with Crippen molar-refractivity contribution in [3.63, 3.8) is 0 Å². The number of hydrogen-bond donors (Lipinski definition) is 1. The van der Waals surface area contributed by atoms with Gasteiger partial charge < -0.3 is 14.5 Å². The van der Waals surface area contributed by atoms with Crippen molar-refractivity contribution in [1.29, 1.82) is 0 Å². The van der Waals surface area contributed by atoms with Crippen molar-refractivity contribution in [3.05, 3.63) is 52.3 Å². The highest BCUT2D eigenvalue weighted by Gasteiger charge is 2.26. The molecule has 3 heterocycles. The fraction of sp³-hybridized carbons (Fsp3) is 0.421. The Balaban J connectivity index is 1.63. The average Bonchev–Trinajstić information content (AvgIpc) is 3.05. The van der Waals surface area contributed by atoms with Crippen molar-refractivity contribution in [2.75, 3.05) is 18.0 Å². The topological polar surface area (TPSA) is 66.8 Å². The maximum atomic E-state index is 12.6. The molecule has 4 rings (SSSR count). The third-order valence-electron chi connectivity index (χ3n) is 5.00. The number of anilines is 1. The Morgan fingerprint density at radius 1 is 1.36 bits per heavy atom. The normalized spacial score (nSPS) is 18.0. The summed E-state index contributed by atoms with van der Waals surface area (Å²) in [4.78, 5) is 27.3. The molecule has 25 heavy (non-hydrogen) atoms. The second-order valence-corrected chi connectivity index (χ2v) is 6.77. The lowest BCUT2D eigenvalue weighted by Crippen LogP contribution is -2.39. The van der Waals surface area contributed by atoms with Crippen LogP contribution in [0.4, 0.5) is 5.82 Å². The van der Waals surface area contributed by atoms with Crippen LogP contribution in [0.25, 0.3) is 11.0 Å². The lowest BCUT2D eigenvalue weighted by Gasteiger charge is -2.32. The Hall–Kier alpha value is -2.63. The number of imidazole rings is 1. The van der Waals surface area contributed by atoms with Gasteiger partial charge in [0.15, 0.2) is 5.82 Å². The molecule has 1 fully saturated rings. The Bertz CT molecular complexity index is 958. The molecule has 0 bridgehead atoms. The highest BCUT2D eigenvalue weighted by molar-refractivity contribution is 5.75. The zero-order chi connectivity index (χ0) is 17.4. The fourth-order valence-electron chi connectivity index (χ4n) is 3.63. The monoisotopic (exact) mass is 337 g/mol. The van der Waals surface area contributed by atoms with Gasteiger partial charge in [0.2, 0.25) is 0 Å². The first kappa shape index (κ1) is 15.9. The van der Waals surface area contributed by atoms with Crippen molar-refractivity contribution in [2.45, 2.75) is 39.2 Å². The van der Waals surface area contributed by atoms with E-state index in [1.165, 1.54) is 5.56 Å². The molecule has 0 aliphatic carbocycles. The second kappa shape index (κ2) is 6.35. The number of hydrogen-bond acceptors (Lipinski definition) is 4. The molecule has 6 heteroatoms. The zero-order valence-corrected chi connectivity index (χ0v) is 14.7. The molecule has 6 nitrogen and oxygen atoms in total. The molecule has 1 atom stereocenters. The van der Waals surface area contributed by atoms with E-state index in [1.54, 1.807) is 17.0 Å². The van der Waals surface area contributed by atoms with Crippen molar-refractivity contribution >= 4 is 16.9 Å². The van der Waals surface area contributed by atoms with Crippen LogP contribution < -0.4 is 10.5 Å². The van der Waals surface area contributed by atoms with Crippen LogP contribution >= 0.6 is 0 Å². The van der Waals surface area contributed by atoms with E-state index in [0.717, 1.165) is 42.8 Å². The number of fused-ring (bicyclic) bond motifs is 1. The van der Waals surface area contributed by atoms with E-state index in [-0.39, 0.29) is 11.5 Å². The first-order chi connectivity index (χ1) is 12.2. The van der Waals surface area contributed by atoms with Crippen molar-refractivity contribution < 1.29 is 0 Å². The van der Waals surface area contributed by atoms with E-state index in [4.69, 9.17) is 4.98 Å². The number of aromatic nitrogens is 4. The highest BCUT2D eigenvalue weighted by Crippen LogP contribution is 2.28. The van der Waals surface area contributed by atoms with Crippen LogP contribution in [-0.2, 0) is 6.54 Å². The van der Waals surface area contributed by atoms with Crippen LogP contribution in [0, 0.1) is 6.92 Å². The smallest absolute Gasteiger partial charge is 0.293 e. The largest absolute Gasteiger partial charge is 0.351 e. The predicted octanol–water partition coefficient (Wildman–Crippen LogP) is 2.83. The minimum absolute atomic E-state index is 0.00844. The number of nitrogens with one attached hydrogen (secondary N) is 1.